The first-order chi connectivity index (χ1) is 9.04. The molecule has 1 aromatic rings. The molecule has 19 heavy (non-hydrogen) atoms. The molecule has 0 bridgehead atoms. The summed E-state index contributed by atoms with van der Waals surface area (Å²) in [6.07, 6.45) is 1.08. The second-order valence-electron chi connectivity index (χ2n) is 4.34. The number of carbonyl (C=O) groups is 2. The highest BCUT2D eigenvalue weighted by Gasteiger charge is 2.10. The van der Waals surface area contributed by atoms with E-state index in [-0.39, 0.29) is 17.9 Å². The SMILES string of the molecule is COCCCN(C)C(=O)Cc1ccc(C(=O)O)cc1. The van der Waals surface area contributed by atoms with Crippen LogP contribution in [0.5, 0.6) is 0 Å². The Bertz CT molecular complexity index is 428. The maximum absolute atomic E-state index is 11.9. The highest BCUT2D eigenvalue weighted by atomic mass is 16.5. The van der Waals surface area contributed by atoms with Gasteiger partial charge in [0.1, 0.15) is 0 Å². The molecule has 0 atom stereocenters. The Kier molecular flexibility index (Phi) is 6.02. The lowest BCUT2D eigenvalue weighted by Gasteiger charge is -2.16. The number of carboxylic acid groups (broad SMARTS) is 1. The van der Waals surface area contributed by atoms with Crippen LogP contribution >= 0.6 is 0 Å². The van der Waals surface area contributed by atoms with Gasteiger partial charge in [0.25, 0.3) is 0 Å². The molecule has 5 heteroatoms. The molecule has 0 aromatic heterocycles. The average Bonchev–Trinajstić information content (AvgIpc) is 2.39. The fourth-order valence-electron chi connectivity index (χ4n) is 1.65. The summed E-state index contributed by atoms with van der Waals surface area (Å²) < 4.78 is 4.93. The Morgan fingerprint density at radius 1 is 1.26 bits per heavy atom. The maximum Gasteiger partial charge on any atom is 0.335 e. The van der Waals surface area contributed by atoms with Gasteiger partial charge in [-0.25, -0.2) is 4.79 Å². The molecule has 0 saturated carbocycles. The summed E-state index contributed by atoms with van der Waals surface area (Å²) in [6, 6.07) is 6.36. The Labute approximate surface area is 112 Å². The summed E-state index contributed by atoms with van der Waals surface area (Å²) in [5, 5.41) is 8.78. The predicted molar refractivity (Wildman–Crippen MR) is 71.2 cm³/mol. The number of aromatic carboxylic acids is 1. The van der Waals surface area contributed by atoms with Gasteiger partial charge in [-0.3, -0.25) is 4.79 Å². The van der Waals surface area contributed by atoms with Crippen LogP contribution < -0.4 is 0 Å². The van der Waals surface area contributed by atoms with Crippen LogP contribution in [-0.2, 0) is 16.0 Å². The summed E-state index contributed by atoms with van der Waals surface area (Å²) in [5.74, 6) is -0.950. The molecule has 1 N–H and O–H groups in total. The zero-order chi connectivity index (χ0) is 14.3. The highest BCUT2D eigenvalue weighted by Crippen LogP contribution is 2.06. The van der Waals surface area contributed by atoms with Crippen LogP contribution in [-0.4, -0.2) is 49.2 Å². The minimum absolute atomic E-state index is 0.0131. The zero-order valence-electron chi connectivity index (χ0n) is 11.3. The molecule has 0 spiro atoms. The van der Waals surface area contributed by atoms with Crippen molar-refractivity contribution in [1.82, 2.24) is 4.90 Å². The number of likely N-dealkylation sites (N-methyl/N-ethyl adjacent to an activating group) is 1. The van der Waals surface area contributed by atoms with Crippen LogP contribution in [0.15, 0.2) is 24.3 Å². The monoisotopic (exact) mass is 265 g/mol. The van der Waals surface area contributed by atoms with Crippen molar-refractivity contribution in [3.05, 3.63) is 35.4 Å². The number of hydrogen-bond acceptors (Lipinski definition) is 3. The fourth-order valence-corrected chi connectivity index (χ4v) is 1.65. The smallest absolute Gasteiger partial charge is 0.335 e. The molecule has 1 aromatic carbocycles. The van der Waals surface area contributed by atoms with Crippen LogP contribution in [0.3, 0.4) is 0 Å². The lowest BCUT2D eigenvalue weighted by molar-refractivity contribution is -0.129. The van der Waals surface area contributed by atoms with E-state index in [1.54, 1.807) is 31.2 Å². The number of rotatable bonds is 7. The Morgan fingerprint density at radius 3 is 2.42 bits per heavy atom. The summed E-state index contributed by atoms with van der Waals surface area (Å²) in [7, 11) is 3.38. The Hall–Kier alpha value is -1.88. The van der Waals surface area contributed by atoms with E-state index in [4.69, 9.17) is 9.84 Å². The first-order valence-corrected chi connectivity index (χ1v) is 6.09. The molecule has 0 aliphatic rings. The van der Waals surface area contributed by atoms with Gasteiger partial charge in [-0.15, -0.1) is 0 Å². The van der Waals surface area contributed by atoms with Gasteiger partial charge in [0.15, 0.2) is 0 Å². The number of carbonyl (C=O) groups excluding carboxylic acids is 1. The number of methoxy groups -OCH3 is 1. The average molecular weight is 265 g/mol. The number of hydrogen-bond donors (Lipinski definition) is 1. The van der Waals surface area contributed by atoms with E-state index in [0.717, 1.165) is 12.0 Å². The van der Waals surface area contributed by atoms with Crippen molar-refractivity contribution in [2.24, 2.45) is 0 Å². The van der Waals surface area contributed by atoms with Crippen LogP contribution in [0.4, 0.5) is 0 Å². The van der Waals surface area contributed by atoms with Gasteiger partial charge in [0, 0.05) is 27.3 Å². The first-order valence-electron chi connectivity index (χ1n) is 6.09. The zero-order valence-corrected chi connectivity index (χ0v) is 11.3. The minimum atomic E-state index is -0.963. The van der Waals surface area contributed by atoms with Gasteiger partial charge >= 0.3 is 5.97 Å². The normalized spacial score (nSPS) is 10.2. The third-order valence-corrected chi connectivity index (χ3v) is 2.82. The standard InChI is InChI=1S/C14H19NO4/c1-15(8-3-9-19-2)13(16)10-11-4-6-12(7-5-11)14(17)18/h4-7H,3,8-10H2,1-2H3,(H,17,18). The Morgan fingerprint density at radius 2 is 1.89 bits per heavy atom. The lowest BCUT2D eigenvalue weighted by atomic mass is 10.1. The van der Waals surface area contributed by atoms with Crippen LogP contribution in [0, 0.1) is 0 Å². The number of amides is 1. The molecule has 0 heterocycles. The summed E-state index contributed by atoms with van der Waals surface area (Å²) >= 11 is 0. The largest absolute Gasteiger partial charge is 0.478 e. The maximum atomic E-state index is 11.9. The van der Waals surface area contributed by atoms with Gasteiger partial charge in [-0.1, -0.05) is 12.1 Å². The van der Waals surface area contributed by atoms with Crippen LogP contribution in [0.2, 0.25) is 0 Å². The summed E-state index contributed by atoms with van der Waals surface area (Å²) in [5.41, 5.74) is 1.04. The van der Waals surface area contributed by atoms with Gasteiger partial charge in [0.2, 0.25) is 5.91 Å². The molecular weight excluding hydrogens is 246 g/mol. The van der Waals surface area contributed by atoms with E-state index in [1.807, 2.05) is 0 Å². The molecule has 0 unspecified atom stereocenters. The van der Waals surface area contributed by atoms with Crippen molar-refractivity contribution in [1.29, 1.82) is 0 Å². The van der Waals surface area contributed by atoms with Crippen molar-refractivity contribution in [2.45, 2.75) is 12.8 Å². The molecule has 0 saturated heterocycles. The van der Waals surface area contributed by atoms with Gasteiger partial charge < -0.3 is 14.7 Å². The van der Waals surface area contributed by atoms with Gasteiger partial charge in [-0.05, 0) is 24.1 Å². The molecular formula is C14H19NO4. The molecule has 0 aliphatic carbocycles. The molecule has 1 amide bonds. The van der Waals surface area contributed by atoms with E-state index < -0.39 is 5.97 Å². The van der Waals surface area contributed by atoms with E-state index >= 15 is 0 Å². The number of ether oxygens (including phenoxy) is 1. The molecule has 1 rings (SSSR count). The topological polar surface area (TPSA) is 66.8 Å². The summed E-state index contributed by atoms with van der Waals surface area (Å²) in [4.78, 5) is 24.3. The van der Waals surface area contributed by atoms with Crippen molar-refractivity contribution in [3.63, 3.8) is 0 Å². The molecule has 0 radical (unpaired) electrons. The fraction of sp³-hybridized carbons (Fsp3) is 0.429. The van der Waals surface area contributed by atoms with Gasteiger partial charge in [-0.2, -0.15) is 0 Å². The van der Waals surface area contributed by atoms with Crippen LogP contribution in [0.25, 0.3) is 0 Å². The predicted octanol–water partition coefficient (Wildman–Crippen LogP) is 1.42. The van der Waals surface area contributed by atoms with E-state index in [1.165, 1.54) is 12.1 Å². The first kappa shape index (κ1) is 15.2. The van der Waals surface area contributed by atoms with Crippen molar-refractivity contribution in [2.75, 3.05) is 27.3 Å². The van der Waals surface area contributed by atoms with Gasteiger partial charge in [0.05, 0.1) is 12.0 Å². The highest BCUT2D eigenvalue weighted by molar-refractivity contribution is 5.87. The molecule has 0 fully saturated rings. The van der Waals surface area contributed by atoms with E-state index in [0.29, 0.717) is 13.2 Å². The number of nitrogens with zero attached hydrogens (tertiary/aromatic N) is 1. The molecule has 104 valence electrons. The van der Waals surface area contributed by atoms with Crippen molar-refractivity contribution in [3.8, 4) is 0 Å². The third kappa shape index (κ3) is 5.09. The number of carboxylic acids is 1. The second kappa shape index (κ2) is 7.53. The Balaban J connectivity index is 2.49. The minimum Gasteiger partial charge on any atom is -0.478 e. The van der Waals surface area contributed by atoms with Crippen LogP contribution in [0.1, 0.15) is 22.3 Å². The molecule has 0 aliphatic heterocycles. The van der Waals surface area contributed by atoms with E-state index in [9.17, 15) is 9.59 Å². The quantitative estimate of drug-likeness (QED) is 0.757. The number of benzene rings is 1. The second-order valence-corrected chi connectivity index (χ2v) is 4.34. The van der Waals surface area contributed by atoms with Crippen molar-refractivity contribution < 1.29 is 19.4 Å². The van der Waals surface area contributed by atoms with E-state index in [2.05, 4.69) is 0 Å². The third-order valence-electron chi connectivity index (χ3n) is 2.82. The lowest BCUT2D eigenvalue weighted by Crippen LogP contribution is -2.29. The van der Waals surface area contributed by atoms with Crippen molar-refractivity contribution >= 4 is 11.9 Å². The molecule has 5 nitrogen and oxygen atoms in total. The summed E-state index contributed by atoms with van der Waals surface area (Å²) in [6.45, 7) is 1.28.